The SMILES string of the molecule is COC(=O)c1cnc(NCc2ccccc2-n2cccn2)c([N+](=O)[O-])c1. The molecule has 0 radical (unpaired) electrons. The van der Waals surface area contributed by atoms with Gasteiger partial charge in [0.25, 0.3) is 0 Å². The molecule has 132 valence electrons. The van der Waals surface area contributed by atoms with E-state index in [9.17, 15) is 14.9 Å². The van der Waals surface area contributed by atoms with Crippen LogP contribution in [0.5, 0.6) is 0 Å². The maximum Gasteiger partial charge on any atom is 0.339 e. The van der Waals surface area contributed by atoms with Crippen LogP contribution in [0.4, 0.5) is 11.5 Å². The van der Waals surface area contributed by atoms with Crippen LogP contribution in [0.2, 0.25) is 0 Å². The third-order valence-electron chi connectivity index (χ3n) is 3.67. The second-order valence-electron chi connectivity index (χ2n) is 5.27. The molecular formula is C17H15N5O4. The molecule has 0 saturated carbocycles. The lowest BCUT2D eigenvalue weighted by atomic mass is 10.1. The molecule has 3 rings (SSSR count). The first-order valence-corrected chi connectivity index (χ1v) is 7.64. The summed E-state index contributed by atoms with van der Waals surface area (Å²) >= 11 is 0. The van der Waals surface area contributed by atoms with Gasteiger partial charge in [-0.3, -0.25) is 10.1 Å². The number of pyridine rings is 1. The molecule has 0 atom stereocenters. The van der Waals surface area contributed by atoms with E-state index in [0.717, 1.165) is 17.3 Å². The van der Waals surface area contributed by atoms with Crippen molar-refractivity contribution in [3.05, 3.63) is 76.2 Å². The fourth-order valence-corrected chi connectivity index (χ4v) is 2.43. The first-order chi connectivity index (χ1) is 12.6. The van der Waals surface area contributed by atoms with Gasteiger partial charge in [-0.1, -0.05) is 18.2 Å². The van der Waals surface area contributed by atoms with E-state index in [1.807, 2.05) is 36.5 Å². The highest BCUT2D eigenvalue weighted by molar-refractivity contribution is 5.90. The van der Waals surface area contributed by atoms with Crippen LogP contribution in [0.1, 0.15) is 15.9 Å². The lowest BCUT2D eigenvalue weighted by molar-refractivity contribution is -0.384. The van der Waals surface area contributed by atoms with E-state index >= 15 is 0 Å². The number of rotatable bonds is 6. The number of hydrogen-bond acceptors (Lipinski definition) is 7. The summed E-state index contributed by atoms with van der Waals surface area (Å²) in [5.41, 5.74) is 1.44. The fourth-order valence-electron chi connectivity index (χ4n) is 2.43. The van der Waals surface area contributed by atoms with Gasteiger partial charge in [-0.25, -0.2) is 14.5 Å². The number of nitro groups is 1. The van der Waals surface area contributed by atoms with Crippen LogP contribution < -0.4 is 5.32 Å². The van der Waals surface area contributed by atoms with Crippen LogP contribution in [0.15, 0.2) is 55.0 Å². The lowest BCUT2D eigenvalue weighted by Gasteiger charge is -2.11. The summed E-state index contributed by atoms with van der Waals surface area (Å²) in [5, 5.41) is 18.5. The Balaban J connectivity index is 1.87. The molecule has 0 bridgehead atoms. The van der Waals surface area contributed by atoms with E-state index in [0.29, 0.717) is 6.54 Å². The maximum absolute atomic E-state index is 11.5. The van der Waals surface area contributed by atoms with Crippen LogP contribution in [0, 0.1) is 10.1 Å². The van der Waals surface area contributed by atoms with Crippen molar-refractivity contribution in [1.29, 1.82) is 0 Å². The standard InChI is InChI=1S/C17H15N5O4/c1-26-17(23)13-9-15(22(24)25)16(19-11-13)18-10-12-5-2-3-6-14(12)21-8-4-7-20-21/h2-9,11H,10H2,1H3,(H,18,19). The predicted molar refractivity (Wildman–Crippen MR) is 93.1 cm³/mol. The largest absolute Gasteiger partial charge is 0.465 e. The minimum atomic E-state index is -0.684. The van der Waals surface area contributed by atoms with Gasteiger partial charge in [-0.15, -0.1) is 0 Å². The molecule has 2 aromatic heterocycles. The van der Waals surface area contributed by atoms with Crippen LogP contribution >= 0.6 is 0 Å². The minimum Gasteiger partial charge on any atom is -0.465 e. The zero-order valence-electron chi connectivity index (χ0n) is 13.8. The van der Waals surface area contributed by atoms with Crippen LogP contribution in [0.3, 0.4) is 0 Å². The molecule has 0 fully saturated rings. The molecule has 2 heterocycles. The highest BCUT2D eigenvalue weighted by Crippen LogP contribution is 2.24. The minimum absolute atomic E-state index is 0.0155. The molecule has 3 aromatic rings. The fraction of sp³-hybridized carbons (Fsp3) is 0.118. The molecule has 0 spiro atoms. The summed E-state index contributed by atoms with van der Waals surface area (Å²) in [4.78, 5) is 26.3. The molecule has 0 saturated heterocycles. The van der Waals surface area contributed by atoms with Gasteiger partial charge >= 0.3 is 11.7 Å². The molecule has 0 unspecified atom stereocenters. The number of nitrogens with one attached hydrogen (secondary N) is 1. The van der Waals surface area contributed by atoms with Crippen LogP contribution in [-0.2, 0) is 11.3 Å². The molecule has 0 aliphatic heterocycles. The molecule has 1 aromatic carbocycles. The third kappa shape index (κ3) is 3.51. The van der Waals surface area contributed by atoms with Gasteiger partial charge in [-0.2, -0.15) is 5.10 Å². The Kier molecular flexibility index (Phi) is 4.88. The van der Waals surface area contributed by atoms with Gasteiger partial charge in [-0.05, 0) is 17.7 Å². The summed E-state index contributed by atoms with van der Waals surface area (Å²) < 4.78 is 6.27. The molecule has 9 heteroatoms. The number of anilines is 1. The van der Waals surface area contributed by atoms with Gasteiger partial charge in [0, 0.05) is 31.2 Å². The van der Waals surface area contributed by atoms with Crippen molar-refractivity contribution in [2.45, 2.75) is 6.54 Å². The molecule has 9 nitrogen and oxygen atoms in total. The van der Waals surface area contributed by atoms with Gasteiger partial charge in [0.2, 0.25) is 5.82 Å². The normalized spacial score (nSPS) is 10.3. The van der Waals surface area contributed by atoms with Crippen LogP contribution in [0.25, 0.3) is 5.69 Å². The van der Waals surface area contributed by atoms with Crippen molar-refractivity contribution in [3.63, 3.8) is 0 Å². The molecule has 0 amide bonds. The van der Waals surface area contributed by atoms with Gasteiger partial charge in [0.05, 0.1) is 23.3 Å². The Morgan fingerprint density at radius 1 is 1.35 bits per heavy atom. The highest BCUT2D eigenvalue weighted by atomic mass is 16.6. The Bertz CT molecular complexity index is 940. The lowest BCUT2D eigenvalue weighted by Crippen LogP contribution is -2.10. The smallest absolute Gasteiger partial charge is 0.339 e. The summed E-state index contributed by atoms with van der Waals surface area (Å²) in [6.45, 7) is 0.293. The van der Waals surface area contributed by atoms with Crippen molar-refractivity contribution in [2.24, 2.45) is 0 Å². The average molecular weight is 353 g/mol. The van der Waals surface area contributed by atoms with Gasteiger partial charge < -0.3 is 10.1 Å². The quantitative estimate of drug-likeness (QED) is 0.412. The van der Waals surface area contributed by atoms with Crippen molar-refractivity contribution in [3.8, 4) is 5.69 Å². The molecule has 0 aliphatic rings. The summed E-state index contributed by atoms with van der Waals surface area (Å²) in [6, 6.07) is 10.5. The average Bonchev–Trinajstić information content (AvgIpc) is 3.20. The van der Waals surface area contributed by atoms with E-state index in [2.05, 4.69) is 20.1 Å². The number of nitrogens with zero attached hydrogens (tertiary/aromatic N) is 4. The number of aromatic nitrogens is 3. The first kappa shape index (κ1) is 17.1. The number of methoxy groups -OCH3 is 1. The van der Waals surface area contributed by atoms with Crippen molar-refractivity contribution in [1.82, 2.24) is 14.8 Å². The number of carbonyl (C=O) groups excluding carboxylic acids is 1. The second kappa shape index (κ2) is 7.43. The van der Waals surface area contributed by atoms with E-state index < -0.39 is 10.9 Å². The first-order valence-electron chi connectivity index (χ1n) is 7.64. The monoisotopic (exact) mass is 353 g/mol. The van der Waals surface area contributed by atoms with E-state index in [4.69, 9.17) is 0 Å². The Morgan fingerprint density at radius 3 is 2.85 bits per heavy atom. The molecule has 0 aliphatic carbocycles. The zero-order valence-corrected chi connectivity index (χ0v) is 13.8. The maximum atomic E-state index is 11.5. The van der Waals surface area contributed by atoms with E-state index in [1.54, 1.807) is 10.9 Å². The van der Waals surface area contributed by atoms with E-state index in [1.165, 1.54) is 13.3 Å². The molecular weight excluding hydrogens is 338 g/mol. The topological polar surface area (TPSA) is 112 Å². The predicted octanol–water partition coefficient (Wildman–Crippen LogP) is 2.57. The number of esters is 1. The Hall–Kier alpha value is -3.75. The molecule has 1 N–H and O–H groups in total. The van der Waals surface area contributed by atoms with Gasteiger partial charge in [0.15, 0.2) is 0 Å². The highest BCUT2D eigenvalue weighted by Gasteiger charge is 2.19. The summed E-state index contributed by atoms with van der Waals surface area (Å²) in [7, 11) is 1.20. The van der Waals surface area contributed by atoms with Gasteiger partial charge in [0.1, 0.15) is 0 Å². The number of hydrogen-bond donors (Lipinski definition) is 1. The zero-order chi connectivity index (χ0) is 18.5. The number of carbonyl (C=O) groups is 1. The Labute approximate surface area is 148 Å². The summed E-state index contributed by atoms with van der Waals surface area (Å²) in [5.74, 6) is -0.617. The molecule has 26 heavy (non-hydrogen) atoms. The van der Waals surface area contributed by atoms with Crippen LogP contribution in [-0.4, -0.2) is 32.8 Å². The van der Waals surface area contributed by atoms with Crippen molar-refractivity contribution >= 4 is 17.5 Å². The Morgan fingerprint density at radius 2 is 2.15 bits per heavy atom. The number of para-hydroxylation sites is 1. The second-order valence-corrected chi connectivity index (χ2v) is 5.27. The number of ether oxygens (including phenoxy) is 1. The third-order valence-corrected chi connectivity index (χ3v) is 3.67. The summed E-state index contributed by atoms with van der Waals surface area (Å²) in [6.07, 6.45) is 4.72. The van der Waals surface area contributed by atoms with Crippen molar-refractivity contribution in [2.75, 3.05) is 12.4 Å². The van der Waals surface area contributed by atoms with Crippen molar-refractivity contribution < 1.29 is 14.5 Å². The van der Waals surface area contributed by atoms with E-state index in [-0.39, 0.29) is 17.1 Å². The number of benzene rings is 1.